The van der Waals surface area contributed by atoms with Crippen molar-refractivity contribution in [2.75, 3.05) is 0 Å². The van der Waals surface area contributed by atoms with Crippen LogP contribution < -0.4 is 4.72 Å². The van der Waals surface area contributed by atoms with Gasteiger partial charge in [0.25, 0.3) is 0 Å². The van der Waals surface area contributed by atoms with Gasteiger partial charge in [-0.15, -0.1) is 0 Å². The average Bonchev–Trinajstić information content (AvgIpc) is 2.65. The molecule has 4 atom stereocenters. The Hall–Kier alpha value is -1.66. The predicted octanol–water partition coefficient (Wildman–Crippen LogP) is 4.22. The summed E-state index contributed by atoms with van der Waals surface area (Å²) in [4.78, 5) is 10.9. The van der Waals surface area contributed by atoms with Gasteiger partial charge in [0.2, 0.25) is 10.0 Å². The quantitative estimate of drug-likeness (QED) is 0.476. The molecule has 0 amide bonds. The summed E-state index contributed by atoms with van der Waals surface area (Å²) in [7, 11) is -3.52. The van der Waals surface area contributed by atoms with Gasteiger partial charge in [-0.3, -0.25) is 4.79 Å². The molecule has 4 rings (SSSR count). The van der Waals surface area contributed by atoms with Crippen LogP contribution >= 0.6 is 0 Å². The Balaban J connectivity index is 1.67. The van der Waals surface area contributed by atoms with Crippen molar-refractivity contribution in [3.05, 3.63) is 42.5 Å². The number of nitrogens with one attached hydrogen (secondary N) is 1. The van der Waals surface area contributed by atoms with Crippen molar-refractivity contribution >= 4 is 16.0 Å². The van der Waals surface area contributed by atoms with Crippen LogP contribution in [0.5, 0.6) is 0 Å². The van der Waals surface area contributed by atoms with Crippen LogP contribution in [0.4, 0.5) is 0 Å². The molecule has 1 aromatic carbocycles. The molecule has 2 bridgehead atoms. The van der Waals surface area contributed by atoms with E-state index >= 15 is 0 Å². The van der Waals surface area contributed by atoms with E-state index in [1.165, 1.54) is 6.42 Å². The van der Waals surface area contributed by atoms with Gasteiger partial charge in [0.1, 0.15) is 0 Å². The standard InChI is InChI=1S/C22H31NO4S/c1-22(2)16-14-19(22)18(12-8-3-4-9-13-21(24)25)20(15-16)23-28(26,27)17-10-6-5-7-11-17/h3,5-8,10-11,16,18-20,23H,4,9,12-15H2,1-2H3,(H,24,25)/t16-,18-,19+,20+/m1/s1. The van der Waals surface area contributed by atoms with Crippen molar-refractivity contribution < 1.29 is 18.3 Å². The maximum atomic E-state index is 12.8. The van der Waals surface area contributed by atoms with Crippen molar-refractivity contribution in [2.24, 2.45) is 23.2 Å². The number of fused-ring (bicyclic) bond motifs is 2. The van der Waals surface area contributed by atoms with E-state index < -0.39 is 16.0 Å². The molecule has 5 nitrogen and oxygen atoms in total. The molecule has 3 aliphatic carbocycles. The van der Waals surface area contributed by atoms with Crippen LogP contribution in [0.15, 0.2) is 47.4 Å². The fourth-order valence-electron chi connectivity index (χ4n) is 5.02. The number of carbonyl (C=O) groups is 1. The van der Waals surface area contributed by atoms with Crippen molar-refractivity contribution in [1.29, 1.82) is 0 Å². The summed E-state index contributed by atoms with van der Waals surface area (Å²) >= 11 is 0. The van der Waals surface area contributed by atoms with E-state index in [1.807, 2.05) is 12.1 Å². The highest BCUT2D eigenvalue weighted by molar-refractivity contribution is 7.89. The third-order valence-electron chi connectivity index (χ3n) is 6.81. The van der Waals surface area contributed by atoms with Crippen LogP contribution in [0, 0.1) is 23.2 Å². The van der Waals surface area contributed by atoms with Gasteiger partial charge in [-0.25, -0.2) is 13.1 Å². The minimum absolute atomic E-state index is 0.0503. The van der Waals surface area contributed by atoms with Crippen LogP contribution in [0.3, 0.4) is 0 Å². The third kappa shape index (κ3) is 4.49. The van der Waals surface area contributed by atoms with Gasteiger partial charge in [0, 0.05) is 12.5 Å². The lowest BCUT2D eigenvalue weighted by Crippen LogP contribution is -2.61. The molecule has 0 radical (unpaired) electrons. The number of hydrogen-bond acceptors (Lipinski definition) is 3. The van der Waals surface area contributed by atoms with Crippen molar-refractivity contribution in [3.8, 4) is 0 Å². The van der Waals surface area contributed by atoms with Crippen molar-refractivity contribution in [1.82, 2.24) is 4.72 Å². The second kappa shape index (κ2) is 8.37. The summed E-state index contributed by atoms with van der Waals surface area (Å²) in [6.07, 6.45) is 8.61. The van der Waals surface area contributed by atoms with E-state index in [2.05, 4.69) is 24.6 Å². The first-order chi connectivity index (χ1) is 13.2. The molecule has 0 saturated heterocycles. The van der Waals surface area contributed by atoms with E-state index in [0.29, 0.717) is 23.2 Å². The molecule has 0 spiro atoms. The zero-order chi connectivity index (χ0) is 20.4. The Kier molecular flexibility index (Phi) is 6.30. The Labute approximate surface area is 168 Å². The molecule has 3 fully saturated rings. The number of rotatable bonds is 9. The molecule has 1 aromatic rings. The molecule has 3 saturated carbocycles. The first-order valence-electron chi connectivity index (χ1n) is 10.2. The Morgan fingerprint density at radius 3 is 2.57 bits per heavy atom. The number of unbranched alkanes of at least 4 members (excludes halogenated alkanes) is 1. The molecular weight excluding hydrogens is 374 g/mol. The molecule has 0 unspecified atom stereocenters. The van der Waals surface area contributed by atoms with Crippen LogP contribution in [-0.4, -0.2) is 25.5 Å². The second-order valence-corrected chi connectivity index (χ2v) is 10.5. The smallest absolute Gasteiger partial charge is 0.303 e. The Morgan fingerprint density at radius 2 is 1.93 bits per heavy atom. The summed E-state index contributed by atoms with van der Waals surface area (Å²) in [5.41, 5.74) is 0.260. The third-order valence-corrected chi connectivity index (χ3v) is 8.32. The van der Waals surface area contributed by atoms with Crippen molar-refractivity contribution in [3.63, 3.8) is 0 Å². The zero-order valence-electron chi connectivity index (χ0n) is 16.7. The second-order valence-electron chi connectivity index (χ2n) is 8.79. The van der Waals surface area contributed by atoms with Gasteiger partial charge in [-0.1, -0.05) is 44.2 Å². The fourth-order valence-corrected chi connectivity index (χ4v) is 6.34. The average molecular weight is 406 g/mol. The molecule has 0 aromatic heterocycles. The number of sulfonamides is 1. The lowest BCUT2D eigenvalue weighted by molar-refractivity contribution is -0.137. The highest BCUT2D eigenvalue weighted by Gasteiger charge is 2.57. The molecule has 0 aliphatic heterocycles. The summed E-state index contributed by atoms with van der Waals surface area (Å²) in [5, 5.41) is 8.72. The maximum Gasteiger partial charge on any atom is 0.303 e. The number of benzene rings is 1. The van der Waals surface area contributed by atoms with Crippen LogP contribution in [0.2, 0.25) is 0 Å². The number of carboxylic acids is 1. The number of carboxylic acid groups (broad SMARTS) is 1. The normalized spacial score (nSPS) is 28.8. The van der Waals surface area contributed by atoms with Gasteiger partial charge in [0.15, 0.2) is 0 Å². The van der Waals surface area contributed by atoms with Crippen LogP contribution in [0.1, 0.15) is 52.4 Å². The highest BCUT2D eigenvalue weighted by atomic mass is 32.2. The lowest BCUT2D eigenvalue weighted by Gasteiger charge is -2.62. The fraction of sp³-hybridized carbons (Fsp3) is 0.591. The number of hydrogen-bond donors (Lipinski definition) is 2. The van der Waals surface area contributed by atoms with Crippen LogP contribution in [0.25, 0.3) is 0 Å². The van der Waals surface area contributed by atoms with E-state index in [4.69, 9.17) is 5.11 Å². The molecule has 2 N–H and O–H groups in total. The number of allylic oxidation sites excluding steroid dienone is 2. The SMILES string of the molecule is CC1(C)[C@H]2C[C@H](NS(=O)(=O)c3ccccc3)[C@H](CC=CCCCC(=O)O)[C@@H]1C2. The Bertz CT molecular complexity index is 816. The van der Waals surface area contributed by atoms with E-state index in [-0.39, 0.29) is 23.8 Å². The minimum atomic E-state index is -3.52. The van der Waals surface area contributed by atoms with E-state index in [1.54, 1.807) is 24.3 Å². The summed E-state index contributed by atoms with van der Waals surface area (Å²) in [6.45, 7) is 4.61. The lowest BCUT2D eigenvalue weighted by atomic mass is 9.44. The molecular formula is C22H31NO4S. The molecule has 6 heteroatoms. The van der Waals surface area contributed by atoms with Gasteiger partial charge in [-0.05, 0) is 67.4 Å². The Morgan fingerprint density at radius 1 is 1.21 bits per heavy atom. The molecule has 3 aliphatic rings. The van der Waals surface area contributed by atoms with Gasteiger partial charge in [0.05, 0.1) is 4.90 Å². The van der Waals surface area contributed by atoms with Gasteiger partial charge >= 0.3 is 5.97 Å². The molecule has 28 heavy (non-hydrogen) atoms. The minimum Gasteiger partial charge on any atom is -0.481 e. The van der Waals surface area contributed by atoms with Gasteiger partial charge < -0.3 is 5.11 Å². The monoisotopic (exact) mass is 405 g/mol. The van der Waals surface area contributed by atoms with Gasteiger partial charge in [-0.2, -0.15) is 0 Å². The number of aliphatic carboxylic acids is 1. The van der Waals surface area contributed by atoms with Crippen LogP contribution in [-0.2, 0) is 14.8 Å². The van der Waals surface area contributed by atoms with E-state index in [0.717, 1.165) is 19.3 Å². The summed E-state index contributed by atoms with van der Waals surface area (Å²) in [6, 6.07) is 8.52. The topological polar surface area (TPSA) is 83.5 Å². The largest absolute Gasteiger partial charge is 0.481 e. The first kappa shape index (κ1) is 21.1. The highest BCUT2D eigenvalue weighted by Crippen LogP contribution is 2.62. The van der Waals surface area contributed by atoms with E-state index in [9.17, 15) is 13.2 Å². The predicted molar refractivity (Wildman–Crippen MR) is 109 cm³/mol. The summed E-state index contributed by atoms with van der Waals surface area (Å²) in [5.74, 6) is 0.586. The first-order valence-corrected chi connectivity index (χ1v) is 11.6. The molecule has 154 valence electrons. The zero-order valence-corrected chi connectivity index (χ0v) is 17.5. The van der Waals surface area contributed by atoms with Crippen molar-refractivity contribution in [2.45, 2.75) is 63.3 Å². The maximum absolute atomic E-state index is 12.8. The summed E-state index contributed by atoms with van der Waals surface area (Å²) < 4.78 is 28.6. The molecule has 0 heterocycles.